The fourth-order valence-corrected chi connectivity index (χ4v) is 2.26. The van der Waals surface area contributed by atoms with Gasteiger partial charge in [-0.2, -0.15) is 0 Å². The number of aryl methyl sites for hydroxylation is 1. The molecule has 0 fully saturated rings. The Labute approximate surface area is 124 Å². The van der Waals surface area contributed by atoms with Gasteiger partial charge in [-0.1, -0.05) is 42.0 Å². The van der Waals surface area contributed by atoms with Crippen molar-refractivity contribution in [2.75, 3.05) is 0 Å². The average molecular weight is 288 g/mol. The van der Waals surface area contributed by atoms with Gasteiger partial charge in [0.2, 0.25) is 0 Å². The summed E-state index contributed by atoms with van der Waals surface area (Å²) in [5.41, 5.74) is 3.88. The van der Waals surface area contributed by atoms with E-state index in [9.17, 15) is 4.79 Å². The van der Waals surface area contributed by atoms with Crippen molar-refractivity contribution in [3.05, 3.63) is 70.8 Å². The van der Waals surface area contributed by atoms with Crippen LogP contribution in [-0.4, -0.2) is 5.91 Å². The largest absolute Gasteiger partial charge is 0.346 e. The van der Waals surface area contributed by atoms with Crippen molar-refractivity contribution in [3.8, 4) is 0 Å². The van der Waals surface area contributed by atoms with Gasteiger partial charge in [-0.25, -0.2) is 0 Å². The molecule has 104 valence electrons. The molecule has 0 bridgehead atoms. The van der Waals surface area contributed by atoms with Crippen LogP contribution in [0.3, 0.4) is 0 Å². The molecule has 0 saturated heterocycles. The summed E-state index contributed by atoms with van der Waals surface area (Å²) in [5, 5.41) is 3.01. The van der Waals surface area contributed by atoms with Crippen molar-refractivity contribution < 1.29 is 4.79 Å². The standard InChI is InChI=1S/C17H18ClNO/c1-12-5-3-7-15(9-12)13(2)19-17(20)16-8-4-6-14(10-16)11-18/h3-10,13H,11H2,1-2H3,(H,19,20)/t13-/m0/s1. The van der Waals surface area contributed by atoms with Crippen molar-refractivity contribution in [3.63, 3.8) is 0 Å². The van der Waals surface area contributed by atoms with Crippen molar-refractivity contribution >= 4 is 17.5 Å². The fourth-order valence-electron chi connectivity index (χ4n) is 2.10. The molecule has 1 N–H and O–H groups in total. The number of rotatable bonds is 4. The first-order valence-electron chi connectivity index (χ1n) is 6.62. The number of hydrogen-bond donors (Lipinski definition) is 1. The number of halogens is 1. The minimum absolute atomic E-state index is 0.0259. The maximum absolute atomic E-state index is 12.2. The second-order valence-electron chi connectivity index (χ2n) is 4.94. The summed E-state index contributed by atoms with van der Waals surface area (Å²) in [5.74, 6) is 0.333. The zero-order valence-corrected chi connectivity index (χ0v) is 12.4. The minimum atomic E-state index is -0.0778. The normalized spacial score (nSPS) is 11.9. The Bertz CT molecular complexity index is 609. The first kappa shape index (κ1) is 14.6. The molecule has 2 rings (SSSR count). The summed E-state index contributed by atoms with van der Waals surface area (Å²) in [4.78, 5) is 12.2. The lowest BCUT2D eigenvalue weighted by Crippen LogP contribution is -2.26. The number of benzene rings is 2. The second-order valence-corrected chi connectivity index (χ2v) is 5.21. The number of alkyl halides is 1. The highest BCUT2D eigenvalue weighted by Crippen LogP contribution is 2.15. The highest BCUT2D eigenvalue weighted by molar-refractivity contribution is 6.17. The van der Waals surface area contributed by atoms with Crippen LogP contribution in [0.1, 0.15) is 40.0 Å². The van der Waals surface area contributed by atoms with Gasteiger partial charge in [0, 0.05) is 11.4 Å². The van der Waals surface area contributed by atoms with Gasteiger partial charge in [-0.05, 0) is 37.1 Å². The fraction of sp³-hybridized carbons (Fsp3) is 0.235. The zero-order valence-electron chi connectivity index (χ0n) is 11.7. The van der Waals surface area contributed by atoms with Crippen molar-refractivity contribution in [2.45, 2.75) is 25.8 Å². The molecule has 1 amide bonds. The smallest absolute Gasteiger partial charge is 0.251 e. The molecule has 0 aromatic heterocycles. The number of carbonyl (C=O) groups excluding carboxylic acids is 1. The Kier molecular flexibility index (Phi) is 4.80. The van der Waals surface area contributed by atoms with E-state index in [0.29, 0.717) is 11.4 Å². The van der Waals surface area contributed by atoms with E-state index in [0.717, 1.165) is 11.1 Å². The molecule has 0 aliphatic carbocycles. The number of amides is 1. The summed E-state index contributed by atoms with van der Waals surface area (Å²) in [6.45, 7) is 4.03. The van der Waals surface area contributed by atoms with Gasteiger partial charge in [-0.15, -0.1) is 11.6 Å². The van der Waals surface area contributed by atoms with Crippen LogP contribution < -0.4 is 5.32 Å². The van der Waals surface area contributed by atoms with E-state index in [1.165, 1.54) is 5.56 Å². The molecular weight excluding hydrogens is 270 g/mol. The summed E-state index contributed by atoms with van der Waals surface area (Å²) in [6, 6.07) is 15.5. The molecule has 0 aliphatic rings. The molecule has 3 heteroatoms. The third-order valence-corrected chi connectivity index (χ3v) is 3.54. The van der Waals surface area contributed by atoms with Gasteiger partial charge >= 0.3 is 0 Å². The minimum Gasteiger partial charge on any atom is -0.346 e. The molecule has 0 radical (unpaired) electrons. The predicted octanol–water partition coefficient (Wildman–Crippen LogP) is 4.22. The van der Waals surface area contributed by atoms with E-state index in [1.807, 2.05) is 50.2 Å². The molecule has 2 aromatic carbocycles. The summed E-state index contributed by atoms with van der Waals surface area (Å²) in [6.07, 6.45) is 0. The summed E-state index contributed by atoms with van der Waals surface area (Å²) >= 11 is 5.79. The Morgan fingerprint density at radius 3 is 2.65 bits per heavy atom. The van der Waals surface area contributed by atoms with Crippen LogP contribution in [0.2, 0.25) is 0 Å². The van der Waals surface area contributed by atoms with E-state index in [1.54, 1.807) is 6.07 Å². The maximum Gasteiger partial charge on any atom is 0.251 e. The van der Waals surface area contributed by atoms with Gasteiger partial charge in [0.1, 0.15) is 0 Å². The lowest BCUT2D eigenvalue weighted by Gasteiger charge is -2.15. The predicted molar refractivity (Wildman–Crippen MR) is 83.1 cm³/mol. The number of carbonyl (C=O) groups is 1. The van der Waals surface area contributed by atoms with Crippen molar-refractivity contribution in [2.24, 2.45) is 0 Å². The SMILES string of the molecule is Cc1cccc([C@H](C)NC(=O)c2cccc(CCl)c2)c1. The average Bonchev–Trinajstić information content (AvgIpc) is 2.47. The molecule has 1 atom stereocenters. The van der Waals surface area contributed by atoms with Crippen LogP contribution in [0, 0.1) is 6.92 Å². The molecule has 0 heterocycles. The number of hydrogen-bond acceptors (Lipinski definition) is 1. The molecule has 20 heavy (non-hydrogen) atoms. The molecule has 0 spiro atoms. The highest BCUT2D eigenvalue weighted by atomic mass is 35.5. The highest BCUT2D eigenvalue weighted by Gasteiger charge is 2.11. The summed E-state index contributed by atoms with van der Waals surface area (Å²) in [7, 11) is 0. The Morgan fingerprint density at radius 2 is 1.95 bits per heavy atom. The van der Waals surface area contributed by atoms with Crippen molar-refractivity contribution in [1.82, 2.24) is 5.32 Å². The number of nitrogens with one attached hydrogen (secondary N) is 1. The quantitative estimate of drug-likeness (QED) is 0.838. The van der Waals surface area contributed by atoms with Gasteiger partial charge < -0.3 is 5.32 Å². The molecule has 2 nitrogen and oxygen atoms in total. The van der Waals surface area contributed by atoms with Gasteiger partial charge in [0.25, 0.3) is 5.91 Å². The second kappa shape index (κ2) is 6.58. The van der Waals surface area contributed by atoms with Gasteiger partial charge in [0.15, 0.2) is 0 Å². The third-order valence-electron chi connectivity index (χ3n) is 3.23. The Balaban J connectivity index is 2.10. The zero-order chi connectivity index (χ0) is 14.5. The first-order chi connectivity index (χ1) is 9.60. The lowest BCUT2D eigenvalue weighted by molar-refractivity contribution is 0.0940. The Hall–Kier alpha value is -1.80. The monoisotopic (exact) mass is 287 g/mol. The maximum atomic E-state index is 12.2. The van der Waals surface area contributed by atoms with Gasteiger partial charge in [0.05, 0.1) is 6.04 Å². The topological polar surface area (TPSA) is 29.1 Å². The van der Waals surface area contributed by atoms with Crippen LogP contribution in [0.4, 0.5) is 0 Å². The van der Waals surface area contributed by atoms with Crippen LogP contribution in [0.5, 0.6) is 0 Å². The molecule has 0 aliphatic heterocycles. The van der Waals surface area contributed by atoms with E-state index in [4.69, 9.17) is 11.6 Å². The third kappa shape index (κ3) is 3.61. The van der Waals surface area contributed by atoms with E-state index < -0.39 is 0 Å². The lowest BCUT2D eigenvalue weighted by atomic mass is 10.0. The molecule has 0 saturated carbocycles. The van der Waals surface area contributed by atoms with E-state index in [2.05, 4.69) is 11.4 Å². The van der Waals surface area contributed by atoms with Crippen LogP contribution >= 0.6 is 11.6 Å². The van der Waals surface area contributed by atoms with E-state index >= 15 is 0 Å². The van der Waals surface area contributed by atoms with Gasteiger partial charge in [-0.3, -0.25) is 4.79 Å². The Morgan fingerprint density at radius 1 is 1.20 bits per heavy atom. The van der Waals surface area contributed by atoms with Crippen LogP contribution in [0.25, 0.3) is 0 Å². The molecule has 2 aromatic rings. The van der Waals surface area contributed by atoms with Crippen LogP contribution in [0.15, 0.2) is 48.5 Å². The van der Waals surface area contributed by atoms with Crippen LogP contribution in [-0.2, 0) is 5.88 Å². The molecule has 0 unspecified atom stereocenters. The van der Waals surface area contributed by atoms with E-state index in [-0.39, 0.29) is 11.9 Å². The molecular formula is C17H18ClNO. The van der Waals surface area contributed by atoms with Crippen molar-refractivity contribution in [1.29, 1.82) is 0 Å². The summed E-state index contributed by atoms with van der Waals surface area (Å²) < 4.78 is 0. The first-order valence-corrected chi connectivity index (χ1v) is 7.16.